The largest absolute Gasteiger partial charge is 0.314 e. The van der Waals surface area contributed by atoms with Gasteiger partial charge in [0.15, 0.2) is 0 Å². The van der Waals surface area contributed by atoms with Gasteiger partial charge in [0.05, 0.1) is 17.3 Å². The Morgan fingerprint density at radius 3 is 2.52 bits per heavy atom. The number of rotatable bonds is 3. The minimum Gasteiger partial charge on any atom is -0.314 e. The van der Waals surface area contributed by atoms with Gasteiger partial charge in [-0.25, -0.2) is 4.39 Å². The molecule has 3 rings (SSSR count). The molecule has 0 saturated carbocycles. The van der Waals surface area contributed by atoms with Crippen LogP contribution in [-0.4, -0.2) is 4.57 Å². The van der Waals surface area contributed by atoms with E-state index < -0.39 is 0 Å². The smallest absolute Gasteiger partial charge is 0.147 e. The summed E-state index contributed by atoms with van der Waals surface area (Å²) >= 11 is 6.16. The Morgan fingerprint density at radius 2 is 1.78 bits per heavy atom. The fourth-order valence-electron chi connectivity index (χ4n) is 2.38. The van der Waals surface area contributed by atoms with Gasteiger partial charge in [0.1, 0.15) is 5.82 Å². The third-order valence-electron chi connectivity index (χ3n) is 3.47. The van der Waals surface area contributed by atoms with Crippen LogP contribution in [-0.2, 0) is 0 Å². The number of aromatic nitrogens is 1. The van der Waals surface area contributed by atoms with Gasteiger partial charge in [0.25, 0.3) is 0 Å². The zero-order valence-electron chi connectivity index (χ0n) is 12.1. The molecule has 1 aromatic heterocycles. The predicted molar refractivity (Wildman–Crippen MR) is 90.7 cm³/mol. The Bertz CT molecular complexity index is 919. The van der Waals surface area contributed by atoms with Crippen LogP contribution in [0.1, 0.15) is 11.3 Å². The van der Waals surface area contributed by atoms with E-state index in [-0.39, 0.29) is 5.82 Å². The summed E-state index contributed by atoms with van der Waals surface area (Å²) in [5, 5.41) is 9.96. The van der Waals surface area contributed by atoms with Gasteiger partial charge in [-0.05, 0) is 36.4 Å². The van der Waals surface area contributed by atoms with Gasteiger partial charge < -0.3 is 4.57 Å². The van der Waals surface area contributed by atoms with Crippen molar-refractivity contribution in [1.29, 1.82) is 5.26 Å². The highest BCUT2D eigenvalue weighted by atomic mass is 35.5. The molecule has 112 valence electrons. The van der Waals surface area contributed by atoms with Crippen LogP contribution in [0.4, 0.5) is 4.39 Å². The molecule has 0 aliphatic carbocycles. The third-order valence-corrected chi connectivity index (χ3v) is 3.80. The van der Waals surface area contributed by atoms with E-state index in [1.165, 1.54) is 6.07 Å². The second kappa shape index (κ2) is 6.51. The lowest BCUT2D eigenvalue weighted by atomic mass is 10.1. The average Bonchev–Trinajstić information content (AvgIpc) is 3.02. The fraction of sp³-hybridized carbons (Fsp3) is 0. The average molecular weight is 323 g/mol. The van der Waals surface area contributed by atoms with Crippen molar-refractivity contribution in [1.82, 2.24) is 4.57 Å². The highest BCUT2D eigenvalue weighted by Crippen LogP contribution is 2.26. The van der Waals surface area contributed by atoms with Crippen LogP contribution in [0.3, 0.4) is 0 Å². The summed E-state index contributed by atoms with van der Waals surface area (Å²) in [5.74, 6) is -0.324. The summed E-state index contributed by atoms with van der Waals surface area (Å²) < 4.78 is 15.7. The SMILES string of the molecule is N#CC(=Cc1cccn1-c1ccccc1F)c1ccccc1Cl. The lowest BCUT2D eigenvalue weighted by Crippen LogP contribution is -1.98. The summed E-state index contributed by atoms with van der Waals surface area (Å²) in [5.41, 5.74) is 2.21. The van der Waals surface area contributed by atoms with E-state index in [2.05, 4.69) is 6.07 Å². The summed E-state index contributed by atoms with van der Waals surface area (Å²) in [7, 11) is 0. The fourth-order valence-corrected chi connectivity index (χ4v) is 2.61. The molecule has 0 spiro atoms. The van der Waals surface area contributed by atoms with Gasteiger partial charge in [-0.2, -0.15) is 5.26 Å². The van der Waals surface area contributed by atoms with Crippen LogP contribution in [0, 0.1) is 17.1 Å². The van der Waals surface area contributed by atoms with Crippen LogP contribution in [0.5, 0.6) is 0 Å². The Kier molecular flexibility index (Phi) is 4.27. The normalized spacial score (nSPS) is 11.3. The zero-order chi connectivity index (χ0) is 16.2. The van der Waals surface area contributed by atoms with E-state index in [9.17, 15) is 9.65 Å². The van der Waals surface area contributed by atoms with Gasteiger partial charge in [0, 0.05) is 22.5 Å². The summed E-state index contributed by atoms with van der Waals surface area (Å²) in [6, 6.07) is 19.4. The first-order valence-corrected chi connectivity index (χ1v) is 7.37. The molecule has 0 N–H and O–H groups in total. The summed E-state index contributed by atoms with van der Waals surface area (Å²) in [6.07, 6.45) is 3.46. The van der Waals surface area contributed by atoms with Crippen molar-refractivity contribution in [2.24, 2.45) is 0 Å². The molecule has 2 nitrogen and oxygen atoms in total. The maximum absolute atomic E-state index is 14.0. The van der Waals surface area contributed by atoms with E-state index >= 15 is 0 Å². The molecular weight excluding hydrogens is 311 g/mol. The van der Waals surface area contributed by atoms with Crippen molar-refractivity contribution in [2.45, 2.75) is 0 Å². The van der Waals surface area contributed by atoms with Crippen molar-refractivity contribution < 1.29 is 4.39 Å². The van der Waals surface area contributed by atoms with Crippen molar-refractivity contribution >= 4 is 23.3 Å². The topological polar surface area (TPSA) is 28.7 Å². The second-order valence-corrected chi connectivity index (χ2v) is 5.31. The molecule has 4 heteroatoms. The van der Waals surface area contributed by atoms with Crippen molar-refractivity contribution in [3.05, 3.63) is 89.0 Å². The second-order valence-electron chi connectivity index (χ2n) is 4.90. The number of hydrogen-bond donors (Lipinski definition) is 0. The molecule has 0 aliphatic heterocycles. The molecule has 0 saturated heterocycles. The number of hydrogen-bond acceptors (Lipinski definition) is 1. The number of para-hydroxylation sites is 1. The van der Waals surface area contributed by atoms with Gasteiger partial charge in [-0.3, -0.25) is 0 Å². The first-order chi connectivity index (χ1) is 11.2. The Morgan fingerprint density at radius 1 is 1.04 bits per heavy atom. The number of halogens is 2. The molecule has 0 atom stereocenters. The Hall–Kier alpha value is -2.83. The summed E-state index contributed by atoms with van der Waals surface area (Å²) in [6.45, 7) is 0. The minimum absolute atomic E-state index is 0.324. The van der Waals surface area contributed by atoms with Crippen molar-refractivity contribution in [3.8, 4) is 11.8 Å². The molecule has 2 aromatic carbocycles. The van der Waals surface area contributed by atoms with Crippen molar-refractivity contribution in [3.63, 3.8) is 0 Å². The lowest BCUT2D eigenvalue weighted by Gasteiger charge is -2.08. The molecule has 0 radical (unpaired) electrons. The number of nitriles is 1. The van der Waals surface area contributed by atoms with Gasteiger partial charge in [0.2, 0.25) is 0 Å². The monoisotopic (exact) mass is 322 g/mol. The standard InChI is InChI=1S/C19H12ClFN2/c20-17-8-2-1-7-16(17)14(13-22)12-15-6-5-11-23(15)19-10-4-3-9-18(19)21/h1-12H. The highest BCUT2D eigenvalue weighted by molar-refractivity contribution is 6.32. The maximum Gasteiger partial charge on any atom is 0.147 e. The lowest BCUT2D eigenvalue weighted by molar-refractivity contribution is 0.618. The molecule has 0 aliphatic rings. The van der Waals surface area contributed by atoms with Crippen molar-refractivity contribution in [2.75, 3.05) is 0 Å². The highest BCUT2D eigenvalue weighted by Gasteiger charge is 2.09. The van der Waals surface area contributed by atoms with Gasteiger partial charge >= 0.3 is 0 Å². The first-order valence-electron chi connectivity index (χ1n) is 6.99. The van der Waals surface area contributed by atoms with E-state index in [0.717, 1.165) is 0 Å². The summed E-state index contributed by atoms with van der Waals surface area (Å²) in [4.78, 5) is 0. The molecule has 1 heterocycles. The predicted octanol–water partition coefficient (Wildman–Crippen LogP) is 5.33. The Labute approximate surface area is 138 Å². The van der Waals surface area contributed by atoms with Crippen LogP contribution in [0.2, 0.25) is 5.02 Å². The van der Waals surface area contributed by atoms with Crippen LogP contribution in [0.15, 0.2) is 66.9 Å². The van der Waals surface area contributed by atoms with E-state index in [4.69, 9.17) is 11.6 Å². The van der Waals surface area contributed by atoms with Crippen LogP contribution in [0.25, 0.3) is 17.3 Å². The minimum atomic E-state index is -0.324. The molecule has 0 amide bonds. The van der Waals surface area contributed by atoms with Gasteiger partial charge in [-0.1, -0.05) is 41.9 Å². The molecule has 3 aromatic rings. The van der Waals surface area contributed by atoms with E-state index in [1.807, 2.05) is 18.2 Å². The van der Waals surface area contributed by atoms with Crippen LogP contribution < -0.4 is 0 Å². The number of benzene rings is 2. The maximum atomic E-state index is 14.0. The first kappa shape index (κ1) is 15.1. The molecular formula is C19H12ClFN2. The molecule has 23 heavy (non-hydrogen) atoms. The number of nitrogens with zero attached hydrogens (tertiary/aromatic N) is 2. The third kappa shape index (κ3) is 3.03. The van der Waals surface area contributed by atoms with Gasteiger partial charge in [-0.15, -0.1) is 0 Å². The van der Waals surface area contributed by atoms with E-state index in [1.54, 1.807) is 53.2 Å². The number of allylic oxidation sites excluding steroid dienone is 1. The van der Waals surface area contributed by atoms with E-state index in [0.29, 0.717) is 27.5 Å². The Balaban J connectivity index is 2.11. The zero-order valence-corrected chi connectivity index (χ0v) is 12.8. The molecule has 0 unspecified atom stereocenters. The molecule has 0 bridgehead atoms. The quantitative estimate of drug-likeness (QED) is 0.599. The molecule has 0 fully saturated rings. The van der Waals surface area contributed by atoms with Crippen LogP contribution >= 0.6 is 11.6 Å².